The molecule has 0 bridgehead atoms. The molecule has 0 saturated carbocycles. The number of carboxylic acid groups (broad SMARTS) is 1. The molecule has 0 aromatic heterocycles. The number of carbonyl (C=O) groups is 1. The molecule has 0 spiro atoms. The quantitative estimate of drug-likeness (QED) is 0.675. The third-order valence-corrected chi connectivity index (χ3v) is 4.71. The Labute approximate surface area is 115 Å². The Balaban J connectivity index is 1.96. The van der Waals surface area contributed by atoms with Crippen LogP contribution >= 0.6 is 0 Å². The highest BCUT2D eigenvalue weighted by molar-refractivity contribution is 5.68. The highest BCUT2D eigenvalue weighted by Gasteiger charge is 2.43. The van der Waals surface area contributed by atoms with Crippen molar-refractivity contribution in [2.75, 3.05) is 19.7 Å². The van der Waals surface area contributed by atoms with Gasteiger partial charge in [0.1, 0.15) is 0 Å². The van der Waals surface area contributed by atoms with Crippen LogP contribution < -0.4 is 10.6 Å². The van der Waals surface area contributed by atoms with Gasteiger partial charge < -0.3 is 20.5 Å². The number of hydrogen-bond acceptors (Lipinski definition) is 4. The van der Waals surface area contributed by atoms with Gasteiger partial charge in [-0.3, -0.25) is 4.79 Å². The van der Waals surface area contributed by atoms with E-state index in [9.17, 15) is 4.79 Å². The molecule has 2 fully saturated rings. The van der Waals surface area contributed by atoms with Crippen LogP contribution in [-0.4, -0.2) is 48.0 Å². The Morgan fingerprint density at radius 3 is 2.58 bits per heavy atom. The molecule has 2 saturated heterocycles. The molecule has 0 aliphatic carbocycles. The van der Waals surface area contributed by atoms with E-state index in [1.54, 1.807) is 0 Å². The number of ether oxygens (including phenoxy) is 1. The Bertz CT molecular complexity index is 325. The molecule has 1 unspecified atom stereocenters. The lowest BCUT2D eigenvalue weighted by Crippen LogP contribution is -2.71. The number of hydrogen-bond donors (Lipinski definition) is 3. The van der Waals surface area contributed by atoms with Crippen molar-refractivity contribution in [2.24, 2.45) is 0 Å². The van der Waals surface area contributed by atoms with E-state index in [2.05, 4.69) is 24.5 Å². The molecule has 5 nitrogen and oxygen atoms in total. The summed E-state index contributed by atoms with van der Waals surface area (Å²) in [5.74, 6) is -0.724. The monoisotopic (exact) mass is 270 g/mol. The Morgan fingerprint density at radius 1 is 1.42 bits per heavy atom. The molecule has 5 heteroatoms. The minimum absolute atomic E-state index is 0.0164. The van der Waals surface area contributed by atoms with Gasteiger partial charge in [0.2, 0.25) is 0 Å². The second-order valence-electron chi connectivity index (χ2n) is 6.03. The van der Waals surface area contributed by atoms with Gasteiger partial charge in [0.05, 0.1) is 17.6 Å². The summed E-state index contributed by atoms with van der Waals surface area (Å²) < 4.78 is 5.97. The van der Waals surface area contributed by atoms with Crippen LogP contribution in [0.2, 0.25) is 0 Å². The average Bonchev–Trinajstić information content (AvgIpc) is 2.36. The fraction of sp³-hybridized carbons (Fsp3) is 0.929. The fourth-order valence-corrected chi connectivity index (χ4v) is 3.32. The van der Waals surface area contributed by atoms with Crippen LogP contribution in [0.4, 0.5) is 0 Å². The summed E-state index contributed by atoms with van der Waals surface area (Å²) in [5.41, 5.74) is -0.265. The van der Waals surface area contributed by atoms with Crippen molar-refractivity contribution in [1.82, 2.24) is 10.6 Å². The van der Waals surface area contributed by atoms with E-state index in [1.165, 1.54) is 0 Å². The third-order valence-electron chi connectivity index (χ3n) is 4.71. The zero-order valence-electron chi connectivity index (χ0n) is 12.0. The van der Waals surface area contributed by atoms with Gasteiger partial charge in [-0.25, -0.2) is 0 Å². The Morgan fingerprint density at radius 2 is 2.11 bits per heavy atom. The van der Waals surface area contributed by atoms with E-state index in [0.717, 1.165) is 45.4 Å². The van der Waals surface area contributed by atoms with Crippen LogP contribution in [0, 0.1) is 0 Å². The van der Waals surface area contributed by atoms with Crippen molar-refractivity contribution in [3.05, 3.63) is 0 Å². The number of rotatable bonds is 6. The van der Waals surface area contributed by atoms with Crippen molar-refractivity contribution in [1.29, 1.82) is 0 Å². The molecule has 0 aromatic carbocycles. The summed E-state index contributed by atoms with van der Waals surface area (Å²) in [6.45, 7) is 6.62. The van der Waals surface area contributed by atoms with Gasteiger partial charge in [-0.15, -0.1) is 0 Å². The zero-order chi connectivity index (χ0) is 13.9. The summed E-state index contributed by atoms with van der Waals surface area (Å²) in [5, 5.41) is 15.8. The molecule has 2 rings (SSSR count). The largest absolute Gasteiger partial charge is 0.481 e. The van der Waals surface area contributed by atoms with E-state index in [4.69, 9.17) is 9.84 Å². The molecular formula is C14H26N2O3. The summed E-state index contributed by atoms with van der Waals surface area (Å²) >= 11 is 0. The van der Waals surface area contributed by atoms with Crippen LogP contribution in [-0.2, 0) is 9.53 Å². The third kappa shape index (κ3) is 3.27. The SMILES string of the molecule is CCC1(CC)CC(NC2(CC(=O)O)CNC2)CCO1. The van der Waals surface area contributed by atoms with Crippen molar-refractivity contribution in [3.63, 3.8) is 0 Å². The maximum Gasteiger partial charge on any atom is 0.305 e. The lowest BCUT2D eigenvalue weighted by Gasteiger charge is -2.48. The van der Waals surface area contributed by atoms with E-state index in [1.807, 2.05) is 0 Å². The summed E-state index contributed by atoms with van der Waals surface area (Å²) in [4.78, 5) is 11.0. The lowest BCUT2D eigenvalue weighted by molar-refractivity contribution is -0.140. The standard InChI is InChI=1S/C14H26N2O3/c1-3-14(4-2)7-11(5-6-19-14)16-13(8-12(17)18)9-15-10-13/h11,15-16H,3-10H2,1-2H3,(H,17,18). The van der Waals surface area contributed by atoms with Gasteiger partial charge >= 0.3 is 5.97 Å². The van der Waals surface area contributed by atoms with Crippen LogP contribution in [0.25, 0.3) is 0 Å². The maximum absolute atomic E-state index is 11.0. The summed E-state index contributed by atoms with van der Waals surface area (Å²) in [6.07, 6.45) is 4.20. The van der Waals surface area contributed by atoms with Gasteiger partial charge in [-0.2, -0.15) is 0 Å². The first-order chi connectivity index (χ1) is 9.03. The smallest absolute Gasteiger partial charge is 0.305 e. The fourth-order valence-electron chi connectivity index (χ4n) is 3.32. The Kier molecular flexibility index (Phi) is 4.48. The first-order valence-electron chi connectivity index (χ1n) is 7.37. The van der Waals surface area contributed by atoms with Gasteiger partial charge in [0, 0.05) is 25.7 Å². The van der Waals surface area contributed by atoms with Crippen molar-refractivity contribution < 1.29 is 14.6 Å². The first-order valence-corrected chi connectivity index (χ1v) is 7.37. The number of aliphatic carboxylic acids is 1. The van der Waals surface area contributed by atoms with Gasteiger partial charge in [-0.05, 0) is 25.7 Å². The van der Waals surface area contributed by atoms with Gasteiger partial charge in [0.25, 0.3) is 0 Å². The highest BCUT2D eigenvalue weighted by Crippen LogP contribution is 2.32. The second-order valence-corrected chi connectivity index (χ2v) is 6.03. The molecule has 19 heavy (non-hydrogen) atoms. The normalized spacial score (nSPS) is 28.6. The molecule has 2 heterocycles. The predicted molar refractivity (Wildman–Crippen MR) is 73.3 cm³/mol. The molecular weight excluding hydrogens is 244 g/mol. The van der Waals surface area contributed by atoms with Gasteiger partial charge in [-0.1, -0.05) is 13.8 Å². The average molecular weight is 270 g/mol. The molecule has 0 amide bonds. The Hall–Kier alpha value is -0.650. The molecule has 1 atom stereocenters. The lowest BCUT2D eigenvalue weighted by atomic mass is 9.82. The van der Waals surface area contributed by atoms with Crippen LogP contribution in [0.15, 0.2) is 0 Å². The summed E-state index contributed by atoms with van der Waals surface area (Å²) in [7, 11) is 0. The number of nitrogens with one attached hydrogen (secondary N) is 2. The minimum atomic E-state index is -0.724. The zero-order valence-corrected chi connectivity index (χ0v) is 12.0. The van der Waals surface area contributed by atoms with E-state index in [0.29, 0.717) is 6.04 Å². The molecule has 2 aliphatic rings. The molecule has 0 aromatic rings. The topological polar surface area (TPSA) is 70.6 Å². The molecule has 110 valence electrons. The molecule has 2 aliphatic heterocycles. The van der Waals surface area contributed by atoms with Crippen LogP contribution in [0.3, 0.4) is 0 Å². The highest BCUT2D eigenvalue weighted by atomic mass is 16.5. The van der Waals surface area contributed by atoms with Crippen LogP contribution in [0.1, 0.15) is 46.0 Å². The summed E-state index contributed by atoms with van der Waals surface area (Å²) in [6, 6.07) is 0.370. The molecule has 3 N–H and O–H groups in total. The number of carboxylic acids is 1. The second kappa shape index (κ2) is 5.77. The van der Waals surface area contributed by atoms with Crippen molar-refractivity contribution >= 4 is 5.97 Å². The van der Waals surface area contributed by atoms with E-state index >= 15 is 0 Å². The minimum Gasteiger partial charge on any atom is -0.481 e. The van der Waals surface area contributed by atoms with Gasteiger partial charge in [0.15, 0.2) is 0 Å². The maximum atomic E-state index is 11.0. The first kappa shape index (κ1) is 14.8. The predicted octanol–water partition coefficient (Wildman–Crippen LogP) is 1.13. The van der Waals surface area contributed by atoms with E-state index in [-0.39, 0.29) is 17.6 Å². The van der Waals surface area contributed by atoms with Crippen molar-refractivity contribution in [2.45, 2.75) is 63.1 Å². The molecule has 0 radical (unpaired) electrons. The van der Waals surface area contributed by atoms with Crippen molar-refractivity contribution in [3.8, 4) is 0 Å². The van der Waals surface area contributed by atoms with E-state index < -0.39 is 5.97 Å². The van der Waals surface area contributed by atoms with Crippen LogP contribution in [0.5, 0.6) is 0 Å².